The Bertz CT molecular complexity index is 807. The quantitative estimate of drug-likeness (QED) is 0.750. The van der Waals surface area contributed by atoms with Crippen LogP contribution in [0, 0.1) is 12.7 Å². The number of hydrogen-bond acceptors (Lipinski definition) is 1. The summed E-state index contributed by atoms with van der Waals surface area (Å²) < 4.78 is 13.0. The van der Waals surface area contributed by atoms with Crippen molar-refractivity contribution in [3.63, 3.8) is 0 Å². The van der Waals surface area contributed by atoms with Crippen LogP contribution in [-0.4, -0.2) is 10.9 Å². The van der Waals surface area contributed by atoms with Gasteiger partial charge in [0.25, 0.3) is 5.91 Å². The third-order valence-electron chi connectivity index (χ3n) is 3.71. The van der Waals surface area contributed by atoms with Crippen LogP contribution in [0.15, 0.2) is 60.7 Å². The van der Waals surface area contributed by atoms with Crippen LogP contribution in [0.1, 0.15) is 21.6 Å². The average molecular weight is 308 g/mol. The van der Waals surface area contributed by atoms with E-state index in [0.29, 0.717) is 12.1 Å². The van der Waals surface area contributed by atoms with Crippen molar-refractivity contribution in [3.05, 3.63) is 83.3 Å². The van der Waals surface area contributed by atoms with E-state index in [1.54, 1.807) is 18.2 Å². The number of carbonyl (C=O) groups excluding carboxylic acids is 1. The molecule has 0 bridgehead atoms. The Balaban J connectivity index is 1.75. The highest BCUT2D eigenvalue weighted by Gasteiger charge is 2.13. The molecule has 0 saturated carbocycles. The molecular weight excluding hydrogens is 291 g/mol. The zero-order valence-corrected chi connectivity index (χ0v) is 12.8. The highest BCUT2D eigenvalue weighted by Crippen LogP contribution is 2.22. The lowest BCUT2D eigenvalue weighted by Gasteiger charge is -2.04. The minimum Gasteiger partial charge on any atom is -0.358 e. The number of benzene rings is 2. The Morgan fingerprint density at radius 2 is 1.78 bits per heavy atom. The molecule has 0 aliphatic carbocycles. The molecule has 0 radical (unpaired) electrons. The predicted octanol–water partition coefficient (Wildman–Crippen LogP) is 4.06. The SMILES string of the molecule is Cc1[nH]c(-c2ccc(F)cc2)cc1C(=O)NCc1ccccc1. The van der Waals surface area contributed by atoms with Crippen molar-refractivity contribution in [2.24, 2.45) is 0 Å². The average Bonchev–Trinajstić information content (AvgIpc) is 2.96. The van der Waals surface area contributed by atoms with E-state index in [-0.39, 0.29) is 11.7 Å². The van der Waals surface area contributed by atoms with E-state index in [0.717, 1.165) is 22.5 Å². The second kappa shape index (κ2) is 6.48. The number of nitrogens with one attached hydrogen (secondary N) is 2. The fourth-order valence-electron chi connectivity index (χ4n) is 2.45. The Morgan fingerprint density at radius 1 is 1.09 bits per heavy atom. The molecule has 3 rings (SSSR count). The lowest BCUT2D eigenvalue weighted by atomic mass is 10.1. The lowest BCUT2D eigenvalue weighted by Crippen LogP contribution is -2.22. The molecule has 0 saturated heterocycles. The molecular formula is C19H17FN2O. The first-order chi connectivity index (χ1) is 11.1. The number of aromatic nitrogens is 1. The zero-order valence-electron chi connectivity index (χ0n) is 12.8. The highest BCUT2D eigenvalue weighted by atomic mass is 19.1. The summed E-state index contributed by atoms with van der Waals surface area (Å²) in [5.74, 6) is -0.408. The number of rotatable bonds is 4. The molecule has 0 unspecified atom stereocenters. The maximum Gasteiger partial charge on any atom is 0.253 e. The lowest BCUT2D eigenvalue weighted by molar-refractivity contribution is 0.0950. The zero-order chi connectivity index (χ0) is 16.2. The summed E-state index contributed by atoms with van der Waals surface area (Å²) in [6.07, 6.45) is 0. The van der Waals surface area contributed by atoms with Gasteiger partial charge in [0.15, 0.2) is 0 Å². The molecule has 0 spiro atoms. The van der Waals surface area contributed by atoms with Gasteiger partial charge in [-0.05, 0) is 48.4 Å². The van der Waals surface area contributed by atoms with Gasteiger partial charge in [0.1, 0.15) is 5.82 Å². The number of H-pyrrole nitrogens is 1. The number of aromatic amines is 1. The summed E-state index contributed by atoms with van der Waals surface area (Å²) >= 11 is 0. The first kappa shape index (κ1) is 15.0. The van der Waals surface area contributed by atoms with Crippen LogP contribution in [-0.2, 0) is 6.54 Å². The largest absolute Gasteiger partial charge is 0.358 e. The van der Waals surface area contributed by atoms with Crippen LogP contribution in [0.2, 0.25) is 0 Å². The van der Waals surface area contributed by atoms with Crippen LogP contribution in [0.3, 0.4) is 0 Å². The van der Waals surface area contributed by atoms with Gasteiger partial charge in [-0.25, -0.2) is 4.39 Å². The fraction of sp³-hybridized carbons (Fsp3) is 0.105. The molecule has 116 valence electrons. The number of amides is 1. The summed E-state index contributed by atoms with van der Waals surface area (Å²) in [6.45, 7) is 2.33. The molecule has 2 N–H and O–H groups in total. The van der Waals surface area contributed by atoms with E-state index in [1.807, 2.05) is 37.3 Å². The molecule has 0 atom stereocenters. The Morgan fingerprint density at radius 3 is 2.48 bits per heavy atom. The molecule has 1 aromatic heterocycles. The van der Waals surface area contributed by atoms with Crippen molar-refractivity contribution in [1.29, 1.82) is 0 Å². The van der Waals surface area contributed by atoms with Gasteiger partial charge in [0, 0.05) is 17.9 Å². The van der Waals surface area contributed by atoms with Gasteiger partial charge in [0.2, 0.25) is 0 Å². The Kier molecular flexibility index (Phi) is 4.24. The van der Waals surface area contributed by atoms with Crippen molar-refractivity contribution in [2.75, 3.05) is 0 Å². The molecule has 3 nitrogen and oxygen atoms in total. The van der Waals surface area contributed by atoms with Gasteiger partial charge in [0.05, 0.1) is 5.56 Å². The second-order valence-corrected chi connectivity index (χ2v) is 5.40. The van der Waals surface area contributed by atoms with Crippen LogP contribution in [0.25, 0.3) is 11.3 Å². The summed E-state index contributed by atoms with van der Waals surface area (Å²) in [4.78, 5) is 15.5. The van der Waals surface area contributed by atoms with Crippen molar-refractivity contribution in [1.82, 2.24) is 10.3 Å². The van der Waals surface area contributed by atoms with Crippen molar-refractivity contribution < 1.29 is 9.18 Å². The number of aryl methyl sites for hydroxylation is 1. The molecule has 3 aromatic rings. The standard InChI is InChI=1S/C19H17FN2O/c1-13-17(19(23)21-12-14-5-3-2-4-6-14)11-18(22-13)15-7-9-16(20)10-8-15/h2-11,22H,12H2,1H3,(H,21,23). The Hall–Kier alpha value is -2.88. The third kappa shape index (κ3) is 3.48. The molecule has 4 heteroatoms. The molecule has 1 heterocycles. The van der Waals surface area contributed by atoms with E-state index >= 15 is 0 Å². The molecule has 2 aromatic carbocycles. The number of halogens is 1. The topological polar surface area (TPSA) is 44.9 Å². The minimum atomic E-state index is -0.280. The molecule has 0 aliphatic heterocycles. The van der Waals surface area contributed by atoms with Crippen LogP contribution in [0.4, 0.5) is 4.39 Å². The summed E-state index contributed by atoms with van der Waals surface area (Å²) in [6, 6.07) is 17.7. The third-order valence-corrected chi connectivity index (χ3v) is 3.71. The van der Waals surface area contributed by atoms with E-state index in [9.17, 15) is 9.18 Å². The maximum atomic E-state index is 13.0. The Labute approximate surface area is 134 Å². The predicted molar refractivity (Wildman–Crippen MR) is 88.5 cm³/mol. The van der Waals surface area contributed by atoms with E-state index in [4.69, 9.17) is 0 Å². The van der Waals surface area contributed by atoms with Crippen LogP contribution >= 0.6 is 0 Å². The van der Waals surface area contributed by atoms with Crippen LogP contribution in [0.5, 0.6) is 0 Å². The normalized spacial score (nSPS) is 10.5. The van der Waals surface area contributed by atoms with Crippen molar-refractivity contribution in [3.8, 4) is 11.3 Å². The minimum absolute atomic E-state index is 0.129. The van der Waals surface area contributed by atoms with Crippen molar-refractivity contribution >= 4 is 5.91 Å². The molecule has 0 aliphatic rings. The van der Waals surface area contributed by atoms with E-state index < -0.39 is 0 Å². The summed E-state index contributed by atoms with van der Waals surface area (Å²) in [5, 5.41) is 2.91. The van der Waals surface area contributed by atoms with Gasteiger partial charge >= 0.3 is 0 Å². The van der Waals surface area contributed by atoms with Gasteiger partial charge in [-0.2, -0.15) is 0 Å². The number of carbonyl (C=O) groups is 1. The van der Waals surface area contributed by atoms with E-state index in [2.05, 4.69) is 10.3 Å². The molecule has 0 fully saturated rings. The molecule has 23 heavy (non-hydrogen) atoms. The monoisotopic (exact) mass is 308 g/mol. The fourth-order valence-corrected chi connectivity index (χ4v) is 2.45. The number of hydrogen-bond donors (Lipinski definition) is 2. The first-order valence-corrected chi connectivity index (χ1v) is 7.41. The van der Waals surface area contributed by atoms with Gasteiger partial charge in [-0.3, -0.25) is 4.79 Å². The summed E-state index contributed by atoms with van der Waals surface area (Å²) in [5.41, 5.74) is 4.08. The van der Waals surface area contributed by atoms with Gasteiger partial charge in [-0.1, -0.05) is 30.3 Å². The highest BCUT2D eigenvalue weighted by molar-refractivity contribution is 5.96. The van der Waals surface area contributed by atoms with E-state index in [1.165, 1.54) is 12.1 Å². The summed E-state index contributed by atoms with van der Waals surface area (Å²) in [7, 11) is 0. The maximum absolute atomic E-state index is 13.0. The van der Waals surface area contributed by atoms with Gasteiger partial charge < -0.3 is 10.3 Å². The second-order valence-electron chi connectivity index (χ2n) is 5.40. The smallest absolute Gasteiger partial charge is 0.253 e. The van der Waals surface area contributed by atoms with Crippen molar-refractivity contribution in [2.45, 2.75) is 13.5 Å². The van der Waals surface area contributed by atoms with Gasteiger partial charge in [-0.15, -0.1) is 0 Å². The molecule has 1 amide bonds. The first-order valence-electron chi connectivity index (χ1n) is 7.41. The van der Waals surface area contributed by atoms with Crippen LogP contribution < -0.4 is 5.32 Å².